The highest BCUT2D eigenvalue weighted by atomic mass is 79.9. The first-order chi connectivity index (χ1) is 9.66. The molecular weight excluding hydrogens is 338 g/mol. The zero-order valence-electron chi connectivity index (χ0n) is 10.4. The van der Waals surface area contributed by atoms with Crippen LogP contribution in [0.3, 0.4) is 0 Å². The Kier molecular flexibility index (Phi) is 3.74. The van der Waals surface area contributed by atoms with Gasteiger partial charge in [-0.3, -0.25) is 4.98 Å². The van der Waals surface area contributed by atoms with E-state index in [1.807, 2.05) is 42.5 Å². The fourth-order valence-electron chi connectivity index (χ4n) is 2.23. The molecule has 1 heterocycles. The predicted octanol–water partition coefficient (Wildman–Crippen LogP) is 4.73. The lowest BCUT2D eigenvalue weighted by atomic mass is 9.98. The summed E-state index contributed by atoms with van der Waals surface area (Å²) in [5, 5.41) is 12.1. The minimum atomic E-state index is -0.728. The lowest BCUT2D eigenvalue weighted by Crippen LogP contribution is -2.01. The fraction of sp³-hybridized carbons (Fsp3) is 0.0625. The van der Waals surface area contributed by atoms with E-state index in [4.69, 9.17) is 11.6 Å². The van der Waals surface area contributed by atoms with Crippen LogP contribution in [-0.2, 0) is 0 Å². The molecule has 1 unspecified atom stereocenters. The molecule has 1 N–H and O–H groups in total. The second-order valence-electron chi connectivity index (χ2n) is 4.49. The third-order valence-corrected chi connectivity index (χ3v) is 4.47. The highest BCUT2D eigenvalue weighted by Crippen LogP contribution is 2.31. The summed E-state index contributed by atoms with van der Waals surface area (Å²) in [6.07, 6.45) is 1.02. The lowest BCUT2D eigenvalue weighted by molar-refractivity contribution is 0.222. The number of nitrogens with zero attached hydrogens (tertiary/aromatic N) is 1. The first-order valence-corrected chi connectivity index (χ1v) is 7.30. The SMILES string of the molecule is OC(c1ccc(Br)c(Cl)c1)c1cccc2ncccc12. The number of halogens is 2. The summed E-state index contributed by atoms with van der Waals surface area (Å²) in [5.41, 5.74) is 2.45. The summed E-state index contributed by atoms with van der Waals surface area (Å²) < 4.78 is 0.815. The number of rotatable bonds is 2. The van der Waals surface area contributed by atoms with Crippen molar-refractivity contribution in [3.05, 3.63) is 75.4 Å². The van der Waals surface area contributed by atoms with Crippen molar-refractivity contribution in [1.82, 2.24) is 4.98 Å². The summed E-state index contributed by atoms with van der Waals surface area (Å²) in [7, 11) is 0. The topological polar surface area (TPSA) is 33.1 Å². The van der Waals surface area contributed by atoms with Crippen LogP contribution >= 0.6 is 27.5 Å². The summed E-state index contributed by atoms with van der Waals surface area (Å²) in [5.74, 6) is 0. The standard InChI is InChI=1S/C16H11BrClNO/c17-13-7-6-10(9-14(13)18)16(20)12-3-1-5-15-11(12)4-2-8-19-15/h1-9,16,20H. The molecule has 3 aromatic rings. The minimum absolute atomic E-state index is 0.583. The molecule has 0 fully saturated rings. The van der Waals surface area contributed by atoms with Gasteiger partial charge in [-0.25, -0.2) is 0 Å². The Balaban J connectivity index is 2.12. The molecule has 1 aromatic heterocycles. The maximum Gasteiger partial charge on any atom is 0.105 e. The second kappa shape index (κ2) is 5.52. The van der Waals surface area contributed by atoms with Gasteiger partial charge in [0.05, 0.1) is 10.5 Å². The monoisotopic (exact) mass is 347 g/mol. The van der Waals surface area contributed by atoms with Crippen molar-refractivity contribution >= 4 is 38.4 Å². The molecule has 0 amide bonds. The van der Waals surface area contributed by atoms with Gasteiger partial charge in [0.25, 0.3) is 0 Å². The van der Waals surface area contributed by atoms with Gasteiger partial charge in [0.1, 0.15) is 6.10 Å². The van der Waals surface area contributed by atoms with E-state index >= 15 is 0 Å². The van der Waals surface area contributed by atoms with Gasteiger partial charge in [-0.05, 0) is 51.3 Å². The maximum absolute atomic E-state index is 10.6. The van der Waals surface area contributed by atoms with Crippen LogP contribution in [-0.4, -0.2) is 10.1 Å². The van der Waals surface area contributed by atoms with E-state index in [1.54, 1.807) is 12.3 Å². The van der Waals surface area contributed by atoms with Crippen LogP contribution in [0.4, 0.5) is 0 Å². The van der Waals surface area contributed by atoms with Gasteiger partial charge < -0.3 is 5.11 Å². The zero-order chi connectivity index (χ0) is 14.1. The number of benzene rings is 2. The van der Waals surface area contributed by atoms with E-state index in [-0.39, 0.29) is 0 Å². The van der Waals surface area contributed by atoms with E-state index in [0.29, 0.717) is 5.02 Å². The van der Waals surface area contributed by atoms with Gasteiger partial charge in [-0.1, -0.05) is 35.9 Å². The summed E-state index contributed by atoms with van der Waals surface area (Å²) in [4.78, 5) is 4.30. The zero-order valence-corrected chi connectivity index (χ0v) is 12.8. The molecule has 0 radical (unpaired) electrons. The van der Waals surface area contributed by atoms with Gasteiger partial charge in [0.15, 0.2) is 0 Å². The number of aliphatic hydroxyl groups excluding tert-OH is 1. The van der Waals surface area contributed by atoms with E-state index in [2.05, 4.69) is 20.9 Å². The van der Waals surface area contributed by atoms with Crippen LogP contribution in [0.5, 0.6) is 0 Å². The minimum Gasteiger partial charge on any atom is -0.384 e. The second-order valence-corrected chi connectivity index (χ2v) is 5.75. The molecule has 100 valence electrons. The molecule has 0 aliphatic heterocycles. The summed E-state index contributed by atoms with van der Waals surface area (Å²) >= 11 is 9.44. The Bertz CT molecular complexity index is 770. The molecule has 0 spiro atoms. The van der Waals surface area contributed by atoms with Crippen LogP contribution in [0.2, 0.25) is 5.02 Å². The molecule has 1 atom stereocenters. The number of pyridine rings is 1. The Morgan fingerprint density at radius 1 is 1.10 bits per heavy atom. The normalized spacial score (nSPS) is 12.6. The lowest BCUT2D eigenvalue weighted by Gasteiger charge is -2.14. The van der Waals surface area contributed by atoms with Crippen molar-refractivity contribution in [3.63, 3.8) is 0 Å². The molecule has 0 bridgehead atoms. The van der Waals surface area contributed by atoms with E-state index < -0.39 is 6.10 Å². The molecule has 0 saturated carbocycles. The molecule has 0 aliphatic carbocycles. The number of aromatic nitrogens is 1. The molecule has 2 aromatic carbocycles. The van der Waals surface area contributed by atoms with E-state index in [1.165, 1.54) is 0 Å². The highest BCUT2D eigenvalue weighted by Gasteiger charge is 2.14. The van der Waals surface area contributed by atoms with Crippen molar-refractivity contribution in [2.24, 2.45) is 0 Å². The predicted molar refractivity (Wildman–Crippen MR) is 85.0 cm³/mol. The first-order valence-electron chi connectivity index (χ1n) is 6.13. The van der Waals surface area contributed by atoms with Crippen molar-refractivity contribution in [1.29, 1.82) is 0 Å². The number of hydrogen-bond acceptors (Lipinski definition) is 2. The molecule has 4 heteroatoms. The van der Waals surface area contributed by atoms with Gasteiger partial charge in [-0.15, -0.1) is 0 Å². The van der Waals surface area contributed by atoms with Crippen LogP contribution in [0.1, 0.15) is 17.2 Å². The fourth-order valence-corrected chi connectivity index (χ4v) is 2.66. The van der Waals surface area contributed by atoms with Crippen LogP contribution in [0.25, 0.3) is 10.9 Å². The first kappa shape index (κ1) is 13.6. The van der Waals surface area contributed by atoms with Crippen LogP contribution in [0.15, 0.2) is 59.2 Å². The van der Waals surface area contributed by atoms with E-state index in [9.17, 15) is 5.11 Å². The Labute approximate surface area is 130 Å². The molecule has 2 nitrogen and oxygen atoms in total. The largest absolute Gasteiger partial charge is 0.384 e. The average molecular weight is 349 g/mol. The highest BCUT2D eigenvalue weighted by molar-refractivity contribution is 9.10. The average Bonchev–Trinajstić information content (AvgIpc) is 2.49. The molecule has 0 aliphatic rings. The van der Waals surface area contributed by atoms with Crippen LogP contribution < -0.4 is 0 Å². The van der Waals surface area contributed by atoms with Crippen molar-refractivity contribution < 1.29 is 5.11 Å². The van der Waals surface area contributed by atoms with Gasteiger partial charge >= 0.3 is 0 Å². The third-order valence-electron chi connectivity index (χ3n) is 3.23. The molecule has 20 heavy (non-hydrogen) atoms. The molecule has 0 saturated heterocycles. The molecule has 3 rings (SSSR count). The third kappa shape index (κ3) is 2.44. The Morgan fingerprint density at radius 2 is 1.95 bits per heavy atom. The van der Waals surface area contributed by atoms with Gasteiger partial charge in [0.2, 0.25) is 0 Å². The Morgan fingerprint density at radius 3 is 2.75 bits per heavy atom. The number of aliphatic hydroxyl groups is 1. The smallest absolute Gasteiger partial charge is 0.105 e. The number of hydrogen-bond donors (Lipinski definition) is 1. The Hall–Kier alpha value is -1.42. The molecular formula is C16H11BrClNO. The van der Waals surface area contributed by atoms with Crippen molar-refractivity contribution in [3.8, 4) is 0 Å². The van der Waals surface area contributed by atoms with Crippen molar-refractivity contribution in [2.45, 2.75) is 6.10 Å². The summed E-state index contributed by atoms with van der Waals surface area (Å²) in [6, 6.07) is 15.0. The van der Waals surface area contributed by atoms with Crippen molar-refractivity contribution in [2.75, 3.05) is 0 Å². The van der Waals surface area contributed by atoms with Gasteiger partial charge in [-0.2, -0.15) is 0 Å². The number of fused-ring (bicyclic) bond motifs is 1. The quantitative estimate of drug-likeness (QED) is 0.726. The van der Waals surface area contributed by atoms with E-state index in [0.717, 1.165) is 26.5 Å². The maximum atomic E-state index is 10.6. The van der Waals surface area contributed by atoms with Crippen LogP contribution in [0, 0.1) is 0 Å². The summed E-state index contributed by atoms with van der Waals surface area (Å²) in [6.45, 7) is 0. The van der Waals surface area contributed by atoms with Gasteiger partial charge in [0, 0.05) is 16.1 Å².